The molecule has 1 aromatic carbocycles. The lowest BCUT2D eigenvalue weighted by molar-refractivity contribution is 0.103. The first kappa shape index (κ1) is 11.0. The van der Waals surface area contributed by atoms with Gasteiger partial charge in [-0.1, -0.05) is 24.3 Å². The van der Waals surface area contributed by atoms with Gasteiger partial charge in [0.15, 0.2) is 5.78 Å². The zero-order valence-corrected chi connectivity index (χ0v) is 10.0. The van der Waals surface area contributed by atoms with Crippen LogP contribution >= 0.6 is 0 Å². The summed E-state index contributed by atoms with van der Waals surface area (Å²) in [4.78, 5) is 19.5. The first-order valence-electron chi connectivity index (χ1n) is 6.16. The highest BCUT2D eigenvalue weighted by Crippen LogP contribution is 2.25. The number of ketones is 1. The molecule has 3 nitrogen and oxygen atoms in total. The van der Waals surface area contributed by atoms with Crippen LogP contribution in [0.2, 0.25) is 0 Å². The maximum atomic E-state index is 12.5. The van der Waals surface area contributed by atoms with E-state index >= 15 is 0 Å². The molecular weight excluding hydrogens is 224 g/mol. The fraction of sp³-hybridized carbons (Fsp3) is 0.200. The van der Waals surface area contributed by atoms with Crippen molar-refractivity contribution in [2.45, 2.75) is 19.3 Å². The highest BCUT2D eigenvalue weighted by molar-refractivity contribution is 6.12. The Morgan fingerprint density at radius 3 is 2.94 bits per heavy atom. The van der Waals surface area contributed by atoms with Crippen molar-refractivity contribution in [1.29, 1.82) is 0 Å². The molecule has 3 rings (SSSR count). The number of hydrogen-bond acceptors (Lipinski definition) is 2. The number of nitrogens with one attached hydrogen (secondary N) is 1. The van der Waals surface area contributed by atoms with Crippen molar-refractivity contribution in [3.8, 4) is 0 Å². The Bertz CT molecular complexity index is 597. The zero-order chi connectivity index (χ0) is 12.4. The Labute approximate surface area is 106 Å². The maximum absolute atomic E-state index is 12.5. The number of benzene rings is 1. The second kappa shape index (κ2) is 4.61. The Kier molecular flexibility index (Phi) is 2.81. The average molecular weight is 238 g/mol. The Balaban J connectivity index is 2.02. The molecule has 2 aromatic rings. The predicted octanol–water partition coefficient (Wildman–Crippen LogP) is 3.01. The second-order valence-corrected chi connectivity index (χ2v) is 4.50. The summed E-state index contributed by atoms with van der Waals surface area (Å²) < 4.78 is 0. The predicted molar refractivity (Wildman–Crippen MR) is 70.3 cm³/mol. The molecule has 0 fully saturated rings. The molecular formula is C15H14N2O. The lowest BCUT2D eigenvalue weighted by atomic mass is 9.99. The molecule has 0 saturated heterocycles. The molecule has 1 aliphatic rings. The summed E-state index contributed by atoms with van der Waals surface area (Å²) in [6.07, 6.45) is 8.12. The fourth-order valence-electron chi connectivity index (χ4n) is 2.38. The van der Waals surface area contributed by atoms with E-state index in [9.17, 15) is 4.79 Å². The molecule has 1 heterocycles. The number of allylic oxidation sites excluding steroid dienone is 1. The highest BCUT2D eigenvalue weighted by atomic mass is 16.1. The molecule has 0 spiro atoms. The molecule has 18 heavy (non-hydrogen) atoms. The second-order valence-electron chi connectivity index (χ2n) is 4.50. The van der Waals surface area contributed by atoms with Crippen LogP contribution in [-0.4, -0.2) is 15.8 Å². The van der Waals surface area contributed by atoms with E-state index in [1.54, 1.807) is 12.5 Å². The van der Waals surface area contributed by atoms with Gasteiger partial charge in [0.2, 0.25) is 0 Å². The summed E-state index contributed by atoms with van der Waals surface area (Å²) in [7, 11) is 0. The number of Topliss-reactive ketones (excluding diaryl/α,β-unsaturated/α-hetero) is 1. The van der Waals surface area contributed by atoms with Crippen LogP contribution in [0.5, 0.6) is 0 Å². The van der Waals surface area contributed by atoms with Gasteiger partial charge in [-0.25, -0.2) is 4.98 Å². The summed E-state index contributed by atoms with van der Waals surface area (Å²) in [5.41, 5.74) is 3.68. The van der Waals surface area contributed by atoms with Crippen LogP contribution in [0.4, 0.5) is 0 Å². The van der Waals surface area contributed by atoms with E-state index in [0.717, 1.165) is 41.7 Å². The molecule has 1 aromatic heterocycles. The number of rotatable bonds is 1. The van der Waals surface area contributed by atoms with Gasteiger partial charge in [-0.15, -0.1) is 0 Å². The molecule has 0 aliphatic heterocycles. The molecule has 1 aliphatic carbocycles. The van der Waals surface area contributed by atoms with Crippen LogP contribution in [0.1, 0.15) is 34.5 Å². The van der Waals surface area contributed by atoms with Gasteiger partial charge in [-0.2, -0.15) is 0 Å². The standard InChI is InChI=1S/C15H14N2O/c18-15-12(8-13-9-16-10-17-13)6-3-5-11-4-1-2-7-14(11)15/h1-2,4,7-10H,3,5-6H2,(H,16,17)/b12-8+. The molecule has 3 heteroatoms. The van der Waals surface area contributed by atoms with Crippen LogP contribution < -0.4 is 0 Å². The van der Waals surface area contributed by atoms with Crippen LogP contribution in [0.15, 0.2) is 42.4 Å². The first-order chi connectivity index (χ1) is 8.84. The van der Waals surface area contributed by atoms with Crippen molar-refractivity contribution in [2.24, 2.45) is 0 Å². The van der Waals surface area contributed by atoms with Crippen molar-refractivity contribution in [1.82, 2.24) is 9.97 Å². The Hall–Kier alpha value is -2.16. The fourth-order valence-corrected chi connectivity index (χ4v) is 2.38. The number of hydrogen-bond donors (Lipinski definition) is 1. The number of H-pyrrole nitrogens is 1. The minimum Gasteiger partial charge on any atom is -0.351 e. The minimum atomic E-state index is 0.145. The smallest absolute Gasteiger partial charge is 0.189 e. The summed E-state index contributed by atoms with van der Waals surface area (Å²) >= 11 is 0. The number of carbonyl (C=O) groups excluding carboxylic acids is 1. The van der Waals surface area contributed by atoms with Crippen molar-refractivity contribution in [3.05, 3.63) is 59.2 Å². The zero-order valence-electron chi connectivity index (χ0n) is 10.0. The number of aromatic nitrogens is 2. The van der Waals surface area contributed by atoms with Crippen molar-refractivity contribution < 1.29 is 4.79 Å². The lowest BCUT2D eigenvalue weighted by Crippen LogP contribution is -2.03. The van der Waals surface area contributed by atoms with E-state index in [1.807, 2.05) is 30.3 Å². The van der Waals surface area contributed by atoms with E-state index in [2.05, 4.69) is 9.97 Å². The molecule has 0 amide bonds. The van der Waals surface area contributed by atoms with Gasteiger partial charge in [0.25, 0.3) is 0 Å². The van der Waals surface area contributed by atoms with Gasteiger partial charge < -0.3 is 4.98 Å². The molecule has 0 unspecified atom stereocenters. The Morgan fingerprint density at radius 1 is 1.22 bits per heavy atom. The van der Waals surface area contributed by atoms with Gasteiger partial charge >= 0.3 is 0 Å². The summed E-state index contributed by atoms with van der Waals surface area (Å²) in [6.45, 7) is 0. The largest absolute Gasteiger partial charge is 0.351 e. The third-order valence-electron chi connectivity index (χ3n) is 3.29. The molecule has 0 atom stereocenters. The van der Waals surface area contributed by atoms with Crippen molar-refractivity contribution in [3.63, 3.8) is 0 Å². The van der Waals surface area contributed by atoms with Gasteiger partial charge in [-0.3, -0.25) is 4.79 Å². The van der Waals surface area contributed by atoms with E-state index in [0.29, 0.717) is 0 Å². The highest BCUT2D eigenvalue weighted by Gasteiger charge is 2.19. The third-order valence-corrected chi connectivity index (χ3v) is 3.29. The molecule has 90 valence electrons. The van der Waals surface area contributed by atoms with Crippen LogP contribution in [-0.2, 0) is 6.42 Å². The molecule has 1 N–H and O–H groups in total. The normalized spacial score (nSPS) is 17.6. The van der Waals surface area contributed by atoms with Crippen LogP contribution in [0.3, 0.4) is 0 Å². The van der Waals surface area contributed by atoms with Crippen LogP contribution in [0, 0.1) is 0 Å². The topological polar surface area (TPSA) is 45.8 Å². The van der Waals surface area contributed by atoms with E-state index in [-0.39, 0.29) is 5.78 Å². The summed E-state index contributed by atoms with van der Waals surface area (Å²) in [5.74, 6) is 0.145. The number of carbonyl (C=O) groups is 1. The van der Waals surface area contributed by atoms with Gasteiger partial charge in [-0.05, 0) is 30.9 Å². The number of aromatic amines is 1. The van der Waals surface area contributed by atoms with E-state index in [4.69, 9.17) is 0 Å². The molecule has 0 bridgehead atoms. The van der Waals surface area contributed by atoms with Gasteiger partial charge in [0.05, 0.1) is 12.0 Å². The van der Waals surface area contributed by atoms with Gasteiger partial charge in [0, 0.05) is 17.3 Å². The quantitative estimate of drug-likeness (QED) is 0.613. The monoisotopic (exact) mass is 238 g/mol. The average Bonchev–Trinajstić information content (AvgIpc) is 2.85. The molecule has 0 radical (unpaired) electrons. The maximum Gasteiger partial charge on any atom is 0.189 e. The van der Waals surface area contributed by atoms with Crippen molar-refractivity contribution in [2.75, 3.05) is 0 Å². The molecule has 0 saturated carbocycles. The minimum absolute atomic E-state index is 0.145. The van der Waals surface area contributed by atoms with Gasteiger partial charge in [0.1, 0.15) is 0 Å². The lowest BCUT2D eigenvalue weighted by Gasteiger charge is -2.03. The van der Waals surface area contributed by atoms with E-state index in [1.165, 1.54) is 0 Å². The van der Waals surface area contributed by atoms with Crippen LogP contribution in [0.25, 0.3) is 6.08 Å². The SMILES string of the molecule is O=C1/C(=C/c2c[nH]cn2)CCCc2ccccc21. The van der Waals surface area contributed by atoms with E-state index < -0.39 is 0 Å². The number of imidazole rings is 1. The summed E-state index contributed by atoms with van der Waals surface area (Å²) in [5, 5.41) is 0. The van der Waals surface area contributed by atoms with Crippen molar-refractivity contribution >= 4 is 11.9 Å². The third kappa shape index (κ3) is 1.99. The number of aryl methyl sites for hydroxylation is 1. The Morgan fingerprint density at radius 2 is 2.11 bits per heavy atom. The number of nitrogens with zero attached hydrogens (tertiary/aromatic N) is 1. The summed E-state index contributed by atoms with van der Waals surface area (Å²) in [6, 6.07) is 7.88. The first-order valence-corrected chi connectivity index (χ1v) is 6.16. The number of fused-ring (bicyclic) bond motifs is 1.